The van der Waals surface area contributed by atoms with E-state index in [-0.39, 0.29) is 4.90 Å². The molecule has 0 atom stereocenters. The number of benzene rings is 3. The lowest BCUT2D eigenvalue weighted by Gasteiger charge is -1.99. The third kappa shape index (κ3) is 4.59. The first-order chi connectivity index (χ1) is 9.97. The monoisotopic (exact) mass is 318 g/mol. The molecule has 0 spiro atoms. The molecule has 0 aliphatic heterocycles. The van der Waals surface area contributed by atoms with Crippen molar-refractivity contribution in [1.29, 1.82) is 0 Å². The Labute approximate surface area is 129 Å². The first-order valence-electron chi connectivity index (χ1n) is 6.42. The lowest BCUT2D eigenvalue weighted by Crippen LogP contribution is -1.89. The van der Waals surface area contributed by atoms with Crippen LogP contribution in [-0.2, 0) is 9.05 Å². The minimum Gasteiger partial charge on any atom is -0.207 e. The van der Waals surface area contributed by atoms with E-state index in [0.717, 1.165) is 10.8 Å². The van der Waals surface area contributed by atoms with Crippen molar-refractivity contribution < 1.29 is 8.42 Å². The van der Waals surface area contributed by atoms with Crippen molar-refractivity contribution in [3.8, 4) is 0 Å². The van der Waals surface area contributed by atoms with Crippen LogP contribution in [0.3, 0.4) is 0 Å². The van der Waals surface area contributed by atoms with Crippen LogP contribution in [0.25, 0.3) is 10.8 Å². The zero-order valence-electron chi connectivity index (χ0n) is 11.5. The Morgan fingerprint density at radius 3 is 1.86 bits per heavy atom. The smallest absolute Gasteiger partial charge is 0.207 e. The Kier molecular flexibility index (Phi) is 4.99. The number of fused-ring (bicyclic) bond motifs is 1. The summed E-state index contributed by atoms with van der Waals surface area (Å²) in [5, 5.41) is 1.87. The van der Waals surface area contributed by atoms with Crippen molar-refractivity contribution in [3.63, 3.8) is 0 Å². The van der Waals surface area contributed by atoms with Crippen LogP contribution < -0.4 is 0 Å². The number of hydrogen-bond acceptors (Lipinski definition) is 2. The van der Waals surface area contributed by atoms with Crippen LogP contribution in [0, 0.1) is 6.92 Å². The van der Waals surface area contributed by atoms with Gasteiger partial charge in [-0.1, -0.05) is 66.2 Å². The molecule has 21 heavy (non-hydrogen) atoms. The van der Waals surface area contributed by atoms with Crippen molar-refractivity contribution in [1.82, 2.24) is 0 Å². The summed E-state index contributed by atoms with van der Waals surface area (Å²) in [5.41, 5.74) is 1.32. The fourth-order valence-electron chi connectivity index (χ4n) is 1.85. The summed E-state index contributed by atoms with van der Waals surface area (Å²) in [6.07, 6.45) is 0. The van der Waals surface area contributed by atoms with E-state index in [1.165, 1.54) is 11.6 Å². The lowest BCUT2D eigenvalue weighted by atomic mass is 10.1. The van der Waals surface area contributed by atoms with Gasteiger partial charge in [-0.05, 0) is 29.8 Å². The van der Waals surface area contributed by atoms with Crippen molar-refractivity contribution >= 4 is 30.5 Å². The summed E-state index contributed by atoms with van der Waals surface area (Å²) in [7, 11) is 1.61. The normalized spacial score (nSPS) is 10.8. The van der Waals surface area contributed by atoms with Gasteiger partial charge in [0.25, 0.3) is 9.05 Å². The SMILES string of the molecule is Cc1ccccc1.O=S(=O)(Cl)c1ccc2ccccc2c1. The molecular formula is C17H15ClO2S. The van der Waals surface area contributed by atoms with Crippen LogP contribution in [0.4, 0.5) is 0 Å². The molecule has 0 bridgehead atoms. The van der Waals surface area contributed by atoms with E-state index in [1.54, 1.807) is 12.1 Å². The van der Waals surface area contributed by atoms with Crippen LogP contribution >= 0.6 is 10.7 Å². The molecule has 2 nitrogen and oxygen atoms in total. The van der Waals surface area contributed by atoms with Gasteiger partial charge in [0.1, 0.15) is 0 Å². The quantitative estimate of drug-likeness (QED) is 0.606. The van der Waals surface area contributed by atoms with Gasteiger partial charge >= 0.3 is 0 Å². The minimum atomic E-state index is -3.62. The fraction of sp³-hybridized carbons (Fsp3) is 0.0588. The average Bonchev–Trinajstić information content (AvgIpc) is 2.47. The highest BCUT2D eigenvalue weighted by atomic mass is 35.7. The molecule has 0 N–H and O–H groups in total. The Bertz CT molecular complexity index is 828. The molecule has 0 fully saturated rings. The maximum Gasteiger partial charge on any atom is 0.261 e. The number of hydrogen-bond donors (Lipinski definition) is 0. The van der Waals surface area contributed by atoms with Gasteiger partial charge in [-0.2, -0.15) is 0 Å². The maximum atomic E-state index is 11.0. The lowest BCUT2D eigenvalue weighted by molar-refractivity contribution is 0.609. The van der Waals surface area contributed by atoms with E-state index in [1.807, 2.05) is 42.5 Å². The van der Waals surface area contributed by atoms with Gasteiger partial charge in [-0.15, -0.1) is 0 Å². The van der Waals surface area contributed by atoms with Gasteiger partial charge in [-0.25, -0.2) is 8.42 Å². The predicted octanol–water partition coefficient (Wildman–Crippen LogP) is 4.76. The summed E-state index contributed by atoms with van der Waals surface area (Å²) in [4.78, 5) is 0.137. The van der Waals surface area contributed by atoms with Gasteiger partial charge in [0.05, 0.1) is 4.90 Å². The largest absolute Gasteiger partial charge is 0.261 e. The maximum absolute atomic E-state index is 11.0. The third-order valence-corrected chi connectivity index (χ3v) is 4.29. The second-order valence-electron chi connectivity index (χ2n) is 4.60. The molecule has 3 aromatic rings. The van der Waals surface area contributed by atoms with Crippen LogP contribution in [-0.4, -0.2) is 8.42 Å². The van der Waals surface area contributed by atoms with E-state index >= 15 is 0 Å². The van der Waals surface area contributed by atoms with Gasteiger partial charge < -0.3 is 0 Å². The van der Waals surface area contributed by atoms with Crippen LogP contribution in [0.2, 0.25) is 0 Å². The number of rotatable bonds is 1. The second kappa shape index (κ2) is 6.74. The molecule has 0 aliphatic rings. The first-order valence-corrected chi connectivity index (χ1v) is 8.73. The predicted molar refractivity (Wildman–Crippen MR) is 88.2 cm³/mol. The van der Waals surface area contributed by atoms with Crippen molar-refractivity contribution in [2.75, 3.05) is 0 Å². The van der Waals surface area contributed by atoms with Crippen LogP contribution in [0.1, 0.15) is 5.56 Å². The van der Waals surface area contributed by atoms with Gasteiger partial charge in [-0.3, -0.25) is 0 Å². The molecule has 3 aromatic carbocycles. The Morgan fingerprint density at radius 2 is 1.33 bits per heavy atom. The van der Waals surface area contributed by atoms with Crippen molar-refractivity contribution in [3.05, 3.63) is 78.4 Å². The topological polar surface area (TPSA) is 34.1 Å². The summed E-state index contributed by atoms with van der Waals surface area (Å²) in [6.45, 7) is 2.08. The first kappa shape index (κ1) is 15.5. The van der Waals surface area contributed by atoms with E-state index in [4.69, 9.17) is 10.7 Å². The van der Waals surface area contributed by atoms with Gasteiger partial charge in [0.15, 0.2) is 0 Å². The molecule has 0 saturated carbocycles. The van der Waals surface area contributed by atoms with Gasteiger partial charge in [0.2, 0.25) is 0 Å². The van der Waals surface area contributed by atoms with Gasteiger partial charge in [0, 0.05) is 10.7 Å². The number of aryl methyl sites for hydroxylation is 1. The highest BCUT2D eigenvalue weighted by Crippen LogP contribution is 2.21. The van der Waals surface area contributed by atoms with E-state index in [9.17, 15) is 8.42 Å². The average molecular weight is 319 g/mol. The third-order valence-electron chi connectivity index (χ3n) is 2.94. The van der Waals surface area contributed by atoms with E-state index < -0.39 is 9.05 Å². The Hall–Kier alpha value is -1.84. The molecule has 0 amide bonds. The highest BCUT2D eigenvalue weighted by Gasteiger charge is 2.09. The highest BCUT2D eigenvalue weighted by molar-refractivity contribution is 8.13. The molecule has 3 rings (SSSR count). The van der Waals surface area contributed by atoms with Crippen molar-refractivity contribution in [2.45, 2.75) is 11.8 Å². The molecule has 4 heteroatoms. The van der Waals surface area contributed by atoms with Crippen LogP contribution in [0.15, 0.2) is 77.7 Å². The molecule has 0 heterocycles. The number of halogens is 1. The molecule has 108 valence electrons. The minimum absolute atomic E-state index is 0.137. The van der Waals surface area contributed by atoms with Crippen molar-refractivity contribution in [2.24, 2.45) is 0 Å². The molecule has 0 radical (unpaired) electrons. The standard InChI is InChI=1S/C10H7ClO2S.C7H8/c11-14(12,13)10-6-5-8-3-1-2-4-9(8)7-10;1-7-5-3-2-4-6-7/h1-7H;2-6H,1H3. The summed E-state index contributed by atoms with van der Waals surface area (Å²) in [5.74, 6) is 0. The summed E-state index contributed by atoms with van der Waals surface area (Å²) < 4.78 is 22.1. The Morgan fingerprint density at radius 1 is 0.762 bits per heavy atom. The molecule has 0 saturated heterocycles. The zero-order valence-corrected chi connectivity index (χ0v) is 13.1. The van der Waals surface area contributed by atoms with E-state index in [2.05, 4.69) is 19.1 Å². The van der Waals surface area contributed by atoms with Crippen LogP contribution in [0.5, 0.6) is 0 Å². The fourth-order valence-corrected chi connectivity index (χ4v) is 2.64. The Balaban J connectivity index is 0.000000194. The molecule has 0 aromatic heterocycles. The van der Waals surface area contributed by atoms with E-state index in [0.29, 0.717) is 0 Å². The zero-order chi connectivity index (χ0) is 15.3. The molecular weight excluding hydrogens is 304 g/mol. The molecule has 0 aliphatic carbocycles. The second-order valence-corrected chi connectivity index (χ2v) is 7.17. The summed E-state index contributed by atoms with van der Waals surface area (Å²) >= 11 is 0. The summed E-state index contributed by atoms with van der Waals surface area (Å²) in [6, 6.07) is 22.6. The molecule has 0 unspecified atom stereocenters.